The van der Waals surface area contributed by atoms with Gasteiger partial charge in [-0.3, -0.25) is 4.79 Å². The molecular weight excluding hydrogens is 227 g/mol. The van der Waals surface area contributed by atoms with Gasteiger partial charge in [-0.2, -0.15) is 23.4 Å². The summed E-state index contributed by atoms with van der Waals surface area (Å²) >= 11 is 0. The highest BCUT2D eigenvalue weighted by molar-refractivity contribution is 8.32. The molecule has 0 heterocycles. The minimum absolute atomic E-state index is 0.345. The van der Waals surface area contributed by atoms with Gasteiger partial charge in [0.25, 0.3) is 0 Å². The van der Waals surface area contributed by atoms with Crippen LogP contribution in [0.25, 0.3) is 0 Å². The van der Waals surface area contributed by atoms with Crippen molar-refractivity contribution in [1.82, 2.24) is 4.31 Å². The number of hydrogen-bond acceptors (Lipinski definition) is 1. The maximum Gasteiger partial charge on any atom is 0.472 e. The number of hydrogen-bond donors (Lipinski definition) is 0. The highest BCUT2D eigenvalue weighted by atomic mass is 32.3. The van der Waals surface area contributed by atoms with Crippen molar-refractivity contribution in [3.63, 3.8) is 0 Å². The fourth-order valence-corrected chi connectivity index (χ4v) is 2.14. The Morgan fingerprint density at radius 3 is 1.67 bits per heavy atom. The van der Waals surface area contributed by atoms with Gasteiger partial charge in [-0.05, 0) is 12.5 Å². The first-order valence-corrected chi connectivity index (χ1v) is 6.80. The molecule has 0 aromatic rings. The SMILES string of the molecule is CN(C(=O)C(F)(F)F)S(C)(C)C(C)(C)C. The van der Waals surface area contributed by atoms with Crippen molar-refractivity contribution in [3.05, 3.63) is 0 Å². The van der Waals surface area contributed by atoms with Crippen LogP contribution in [0.5, 0.6) is 0 Å². The van der Waals surface area contributed by atoms with Gasteiger partial charge in [0.15, 0.2) is 0 Å². The maximum atomic E-state index is 12.2. The molecule has 1 amide bonds. The topological polar surface area (TPSA) is 20.3 Å². The number of rotatable bonds is 1. The summed E-state index contributed by atoms with van der Waals surface area (Å²) in [6.07, 6.45) is -1.38. The zero-order valence-corrected chi connectivity index (χ0v) is 10.7. The third-order valence-electron chi connectivity index (χ3n) is 2.71. The molecule has 0 saturated carbocycles. The molecule has 0 rings (SSSR count). The van der Waals surface area contributed by atoms with Crippen LogP contribution in [-0.4, -0.2) is 40.7 Å². The molecule has 92 valence electrons. The Bertz CT molecular complexity index is 255. The van der Waals surface area contributed by atoms with Crippen LogP contribution in [0.3, 0.4) is 0 Å². The highest BCUT2D eigenvalue weighted by Gasteiger charge is 2.46. The van der Waals surface area contributed by atoms with E-state index in [-0.39, 0.29) is 4.75 Å². The summed E-state index contributed by atoms with van der Waals surface area (Å²) in [4.78, 5) is 11.1. The lowest BCUT2D eigenvalue weighted by Crippen LogP contribution is -2.44. The van der Waals surface area contributed by atoms with Crippen LogP contribution in [-0.2, 0) is 4.79 Å². The molecule has 15 heavy (non-hydrogen) atoms. The van der Waals surface area contributed by atoms with Crippen LogP contribution in [0.1, 0.15) is 20.8 Å². The Morgan fingerprint density at radius 2 is 1.47 bits per heavy atom. The molecule has 0 aliphatic rings. The minimum Gasteiger partial charge on any atom is -0.300 e. The van der Waals surface area contributed by atoms with E-state index in [1.54, 1.807) is 12.5 Å². The molecule has 0 atom stereocenters. The molecule has 0 bridgehead atoms. The van der Waals surface area contributed by atoms with Crippen molar-refractivity contribution in [2.24, 2.45) is 0 Å². The molecule has 0 fully saturated rings. The summed E-state index contributed by atoms with van der Waals surface area (Å²) in [5, 5.41) is 0. The molecule has 0 aliphatic carbocycles. The quantitative estimate of drug-likeness (QED) is 0.695. The molecule has 0 unspecified atom stereocenters. The monoisotopic (exact) mass is 245 g/mol. The van der Waals surface area contributed by atoms with Gasteiger partial charge in [-0.25, -0.2) is 0 Å². The van der Waals surface area contributed by atoms with E-state index in [2.05, 4.69) is 0 Å². The number of carbonyl (C=O) groups excluding carboxylic acids is 1. The predicted octanol–water partition coefficient (Wildman–Crippen LogP) is 2.78. The molecule has 0 spiro atoms. The zero-order chi connectivity index (χ0) is 12.7. The molecule has 0 N–H and O–H groups in total. The van der Waals surface area contributed by atoms with E-state index >= 15 is 0 Å². The Morgan fingerprint density at radius 1 is 1.13 bits per heavy atom. The van der Waals surface area contributed by atoms with Crippen LogP contribution in [0.4, 0.5) is 13.2 Å². The predicted molar refractivity (Wildman–Crippen MR) is 58.0 cm³/mol. The first kappa shape index (κ1) is 14.6. The maximum absolute atomic E-state index is 12.2. The molecule has 0 saturated heterocycles. The fourth-order valence-electron chi connectivity index (χ4n) is 0.797. The second kappa shape index (κ2) is 3.88. The highest BCUT2D eigenvalue weighted by Crippen LogP contribution is 2.55. The summed E-state index contributed by atoms with van der Waals surface area (Å²) in [5.41, 5.74) is 0. The van der Waals surface area contributed by atoms with Crippen LogP contribution >= 0.6 is 10.2 Å². The lowest BCUT2D eigenvalue weighted by molar-refractivity contribution is -0.179. The molecule has 0 aliphatic heterocycles. The number of amides is 1. The number of carbonyl (C=O) groups is 1. The fraction of sp³-hybridized carbons (Fsp3) is 0.889. The van der Waals surface area contributed by atoms with E-state index in [4.69, 9.17) is 0 Å². The van der Waals surface area contributed by atoms with Gasteiger partial charge >= 0.3 is 12.1 Å². The van der Waals surface area contributed by atoms with E-state index in [0.29, 0.717) is 0 Å². The average Bonchev–Trinajstić information content (AvgIpc) is 1.97. The van der Waals surface area contributed by atoms with Gasteiger partial charge in [-0.15, -0.1) is 0 Å². The summed E-state index contributed by atoms with van der Waals surface area (Å²) in [6, 6.07) is 0. The minimum atomic E-state index is -4.79. The van der Waals surface area contributed by atoms with Crippen molar-refractivity contribution in [3.8, 4) is 0 Å². The van der Waals surface area contributed by atoms with E-state index in [0.717, 1.165) is 4.31 Å². The normalized spacial score (nSPS) is 15.0. The summed E-state index contributed by atoms with van der Waals surface area (Å²) in [6.45, 7) is 5.51. The summed E-state index contributed by atoms with van der Waals surface area (Å²) < 4.78 is 37.2. The second-order valence-electron chi connectivity index (χ2n) is 4.69. The number of halogens is 3. The molecule has 0 radical (unpaired) electrons. The van der Waals surface area contributed by atoms with Crippen LogP contribution in [0.2, 0.25) is 0 Å². The number of alkyl halides is 3. The van der Waals surface area contributed by atoms with Crippen molar-refractivity contribution >= 4 is 16.1 Å². The van der Waals surface area contributed by atoms with Gasteiger partial charge in [-0.1, -0.05) is 20.8 Å². The van der Waals surface area contributed by atoms with Crippen LogP contribution < -0.4 is 0 Å². The molecule has 0 aromatic carbocycles. The third kappa shape index (κ3) is 3.03. The second-order valence-corrected chi connectivity index (χ2v) is 9.00. The Balaban J connectivity index is 5.03. The lowest BCUT2D eigenvalue weighted by atomic mass is 10.3. The molecule has 2 nitrogen and oxygen atoms in total. The Labute approximate surface area is 90.3 Å². The average molecular weight is 245 g/mol. The van der Waals surface area contributed by atoms with Crippen molar-refractivity contribution in [2.45, 2.75) is 31.7 Å². The smallest absolute Gasteiger partial charge is 0.300 e. The van der Waals surface area contributed by atoms with E-state index in [1.807, 2.05) is 20.8 Å². The summed E-state index contributed by atoms with van der Waals surface area (Å²) in [5.74, 6) is -1.77. The third-order valence-corrected chi connectivity index (χ3v) is 7.24. The van der Waals surface area contributed by atoms with E-state index in [1.165, 1.54) is 7.05 Å². The Hall–Kier alpha value is -0.390. The standard InChI is InChI=1S/C9H18F3NOS/c1-8(2,3)15(5,6)13(4)7(14)9(10,11)12/h1-6H3. The van der Waals surface area contributed by atoms with Gasteiger partial charge in [0.05, 0.1) is 0 Å². The van der Waals surface area contributed by atoms with Gasteiger partial charge in [0.2, 0.25) is 0 Å². The van der Waals surface area contributed by atoms with Crippen molar-refractivity contribution < 1.29 is 18.0 Å². The zero-order valence-electron chi connectivity index (χ0n) is 9.90. The van der Waals surface area contributed by atoms with Crippen LogP contribution in [0.15, 0.2) is 0 Å². The van der Waals surface area contributed by atoms with Crippen molar-refractivity contribution in [1.29, 1.82) is 0 Å². The van der Waals surface area contributed by atoms with E-state index < -0.39 is 22.3 Å². The molecule has 6 heteroatoms. The molecular formula is C9H18F3NOS. The number of nitrogens with zero attached hydrogens (tertiary/aromatic N) is 1. The molecule has 0 aromatic heterocycles. The van der Waals surface area contributed by atoms with Crippen molar-refractivity contribution in [2.75, 3.05) is 19.6 Å². The van der Waals surface area contributed by atoms with Crippen LogP contribution in [0, 0.1) is 0 Å². The largest absolute Gasteiger partial charge is 0.472 e. The summed E-state index contributed by atoms with van der Waals surface area (Å²) in [7, 11) is -0.576. The van der Waals surface area contributed by atoms with Gasteiger partial charge in [0.1, 0.15) is 0 Å². The first-order valence-electron chi connectivity index (χ1n) is 4.40. The van der Waals surface area contributed by atoms with Gasteiger partial charge in [0, 0.05) is 11.8 Å². The van der Waals surface area contributed by atoms with Gasteiger partial charge < -0.3 is 4.31 Å². The Kier molecular flexibility index (Phi) is 3.78. The van der Waals surface area contributed by atoms with E-state index in [9.17, 15) is 18.0 Å². The first-order chi connectivity index (χ1) is 6.32. The lowest BCUT2D eigenvalue weighted by Gasteiger charge is -2.50.